The van der Waals surface area contributed by atoms with Gasteiger partial charge in [0.15, 0.2) is 0 Å². The lowest BCUT2D eigenvalue weighted by Crippen LogP contribution is -2.37. The normalized spacial score (nSPS) is 16.8. The van der Waals surface area contributed by atoms with Gasteiger partial charge >= 0.3 is 0 Å². The number of hydrogen-bond donors (Lipinski definition) is 2. The maximum absolute atomic E-state index is 6.57. The third-order valence-corrected chi connectivity index (χ3v) is 11.9. The Kier molecular flexibility index (Phi) is 9.37. The summed E-state index contributed by atoms with van der Waals surface area (Å²) in [7, 11) is 2.00. The lowest BCUT2D eigenvalue weighted by Gasteiger charge is -2.26. The molecule has 0 aliphatic heterocycles. The van der Waals surface area contributed by atoms with Crippen LogP contribution in [-0.2, 0) is 12.8 Å². The third kappa shape index (κ3) is 6.48. The fourth-order valence-corrected chi connectivity index (χ4v) is 9.12. The molecule has 10 rings (SSSR count). The van der Waals surface area contributed by atoms with Crippen molar-refractivity contribution in [3.63, 3.8) is 0 Å². The van der Waals surface area contributed by atoms with Crippen molar-refractivity contribution >= 4 is 39.9 Å². The zero-order valence-corrected chi connectivity index (χ0v) is 32.3. The Morgan fingerprint density at radius 3 is 2.40 bits per heavy atom. The second kappa shape index (κ2) is 15.2. The van der Waals surface area contributed by atoms with Crippen molar-refractivity contribution < 1.29 is 4.42 Å². The molecule has 57 heavy (non-hydrogen) atoms. The average molecular weight is 743 g/mol. The maximum Gasteiger partial charge on any atom is 0.143 e. The fourth-order valence-electron chi connectivity index (χ4n) is 9.12. The van der Waals surface area contributed by atoms with Gasteiger partial charge in [-0.3, -0.25) is 10.3 Å². The Morgan fingerprint density at radius 2 is 1.51 bits per heavy atom. The lowest BCUT2D eigenvalue weighted by atomic mass is 9.82. The van der Waals surface area contributed by atoms with Crippen molar-refractivity contribution in [3.8, 4) is 16.8 Å². The molecule has 2 aromatic heterocycles. The van der Waals surface area contributed by atoms with Crippen LogP contribution < -0.4 is 10.6 Å². The largest absolute Gasteiger partial charge is 0.455 e. The van der Waals surface area contributed by atoms with Crippen LogP contribution in [0, 0.1) is 0 Å². The zero-order chi connectivity index (χ0) is 38.1. The molecule has 2 atom stereocenters. The minimum atomic E-state index is -0.0966. The maximum atomic E-state index is 6.57. The summed E-state index contributed by atoms with van der Waals surface area (Å²) in [5.41, 5.74) is 15.6. The van der Waals surface area contributed by atoms with Gasteiger partial charge in [-0.25, -0.2) is 0 Å². The predicted molar refractivity (Wildman–Crippen MR) is 237 cm³/mol. The van der Waals surface area contributed by atoms with Crippen LogP contribution in [0.3, 0.4) is 0 Å². The number of aromatic nitrogens is 1. The van der Waals surface area contributed by atoms with E-state index in [4.69, 9.17) is 9.41 Å². The quantitative estimate of drug-likeness (QED) is 0.0880. The molecule has 5 heteroatoms. The van der Waals surface area contributed by atoms with Gasteiger partial charge in [0.25, 0.3) is 0 Å². The molecule has 3 aliphatic rings. The Morgan fingerprint density at radius 1 is 0.737 bits per heavy atom. The van der Waals surface area contributed by atoms with E-state index in [2.05, 4.69) is 173 Å². The van der Waals surface area contributed by atoms with Crippen LogP contribution in [0.2, 0.25) is 0 Å². The zero-order valence-electron chi connectivity index (χ0n) is 32.3. The summed E-state index contributed by atoms with van der Waals surface area (Å²) in [6.45, 7) is 0.632. The Balaban J connectivity index is 1.06. The molecule has 2 heterocycles. The van der Waals surface area contributed by atoms with Gasteiger partial charge in [0.2, 0.25) is 0 Å². The minimum absolute atomic E-state index is 0.0966. The van der Waals surface area contributed by atoms with E-state index >= 15 is 0 Å². The van der Waals surface area contributed by atoms with Crippen LogP contribution in [0.5, 0.6) is 0 Å². The number of para-hydroxylation sites is 3. The van der Waals surface area contributed by atoms with Crippen LogP contribution in [-0.4, -0.2) is 24.0 Å². The molecule has 0 radical (unpaired) electrons. The Hall–Kier alpha value is -6.43. The van der Waals surface area contributed by atoms with Gasteiger partial charge in [0.05, 0.1) is 12.2 Å². The summed E-state index contributed by atoms with van der Waals surface area (Å²) in [5, 5.41) is 9.63. The minimum Gasteiger partial charge on any atom is -0.455 e. The van der Waals surface area contributed by atoms with Crippen molar-refractivity contribution in [2.75, 3.05) is 13.6 Å². The second-order valence-corrected chi connectivity index (χ2v) is 15.3. The monoisotopic (exact) mass is 742 g/mol. The highest BCUT2D eigenvalue weighted by molar-refractivity contribution is 6.10. The van der Waals surface area contributed by atoms with Crippen LogP contribution in [0.4, 0.5) is 0 Å². The first-order valence-corrected chi connectivity index (χ1v) is 20.3. The second-order valence-electron chi connectivity index (χ2n) is 15.3. The van der Waals surface area contributed by atoms with E-state index in [1.807, 2.05) is 13.1 Å². The fraction of sp³-hybridized carbons (Fsp3) is 0.173. The summed E-state index contributed by atoms with van der Waals surface area (Å²) in [4.78, 5) is 5.32. The molecule has 2 N–H and O–H groups in total. The molecule has 0 fully saturated rings. The SMILES string of the molecule is CNC(N/C(=N\CC1=CCCC=C1)c1ccccc1C1C=Cc2c(c3c(n2-c2ccccc2-c2cccc4c2oc2ccccc24)C=CCC3)C1)c1ccccc1. The summed E-state index contributed by atoms with van der Waals surface area (Å²) in [5.74, 6) is 1.09. The molecule has 0 saturated carbocycles. The van der Waals surface area contributed by atoms with Gasteiger partial charge in [0, 0.05) is 44.8 Å². The summed E-state index contributed by atoms with van der Waals surface area (Å²) in [6, 6.07) is 43.1. The number of hydrogen-bond acceptors (Lipinski definition) is 3. The molecular formula is C52H46N4O. The summed E-state index contributed by atoms with van der Waals surface area (Å²) >= 11 is 0. The van der Waals surface area contributed by atoms with Crippen molar-refractivity contribution in [2.24, 2.45) is 4.99 Å². The van der Waals surface area contributed by atoms with Crippen LogP contribution in [0.1, 0.15) is 70.6 Å². The van der Waals surface area contributed by atoms with Crippen molar-refractivity contribution in [2.45, 2.75) is 44.2 Å². The highest BCUT2D eigenvalue weighted by Crippen LogP contribution is 2.43. The number of aliphatic imine (C=N–C) groups is 1. The number of fused-ring (bicyclic) bond motifs is 6. The highest BCUT2D eigenvalue weighted by atomic mass is 16.3. The van der Waals surface area contributed by atoms with Crippen molar-refractivity contribution in [1.29, 1.82) is 0 Å². The van der Waals surface area contributed by atoms with Crippen LogP contribution in [0.25, 0.3) is 50.9 Å². The molecule has 2 unspecified atom stereocenters. The average Bonchev–Trinajstić information content (AvgIpc) is 3.83. The number of allylic oxidation sites excluding steroid dienone is 4. The first-order chi connectivity index (χ1) is 28.2. The topological polar surface area (TPSA) is 54.5 Å². The Labute approximate surface area is 334 Å². The van der Waals surface area contributed by atoms with Gasteiger partial charge in [0.1, 0.15) is 23.2 Å². The number of amidine groups is 1. The van der Waals surface area contributed by atoms with Gasteiger partial charge in [-0.2, -0.15) is 0 Å². The number of benzene rings is 5. The molecule has 0 saturated heterocycles. The third-order valence-electron chi connectivity index (χ3n) is 11.9. The Bertz CT molecular complexity index is 2770. The summed E-state index contributed by atoms with van der Waals surface area (Å²) in [6.07, 6.45) is 21.4. The molecule has 0 spiro atoms. The van der Waals surface area contributed by atoms with E-state index in [0.29, 0.717) is 6.54 Å². The molecular weight excluding hydrogens is 697 g/mol. The lowest BCUT2D eigenvalue weighted by molar-refractivity contribution is 0.560. The molecule has 5 nitrogen and oxygen atoms in total. The number of nitrogens with zero attached hydrogens (tertiary/aromatic N) is 2. The van der Waals surface area contributed by atoms with E-state index < -0.39 is 0 Å². The first kappa shape index (κ1) is 35.0. The van der Waals surface area contributed by atoms with Crippen LogP contribution >= 0.6 is 0 Å². The van der Waals surface area contributed by atoms with E-state index in [1.165, 1.54) is 44.9 Å². The van der Waals surface area contributed by atoms with Crippen molar-refractivity contribution in [3.05, 3.63) is 196 Å². The van der Waals surface area contributed by atoms with E-state index in [9.17, 15) is 0 Å². The molecule has 3 aliphatic carbocycles. The van der Waals surface area contributed by atoms with Gasteiger partial charge in [-0.1, -0.05) is 140 Å². The number of rotatable bonds is 9. The van der Waals surface area contributed by atoms with Gasteiger partial charge in [-0.05, 0) is 91.3 Å². The molecule has 0 bridgehead atoms. The van der Waals surface area contributed by atoms with Gasteiger partial charge in [-0.15, -0.1) is 0 Å². The van der Waals surface area contributed by atoms with E-state index in [0.717, 1.165) is 76.6 Å². The van der Waals surface area contributed by atoms with E-state index in [-0.39, 0.29) is 12.1 Å². The molecule has 0 amide bonds. The predicted octanol–water partition coefficient (Wildman–Crippen LogP) is 11.9. The highest BCUT2D eigenvalue weighted by Gasteiger charge is 2.30. The van der Waals surface area contributed by atoms with Gasteiger partial charge < -0.3 is 14.3 Å². The smallest absolute Gasteiger partial charge is 0.143 e. The number of furan rings is 1. The molecule has 7 aromatic rings. The standard InChI is InChI=1S/C52H46N4O/c1-53-51(36-19-6-3-7-20-36)55-52(54-34-35-17-4-2-5-18-35)44-25-9-8-21-38(44)37-31-32-48-45(33-37)40-23-11-14-29-47(40)56(48)46-28-13-10-22-39(46)42-26-16-27-43-41-24-12-15-30-49(41)57-50(42)43/h3-4,6-10,12-22,24-32,37,51,53H,2,5,11,23,33-34H2,1H3,(H,54,55). The van der Waals surface area contributed by atoms with Crippen LogP contribution in [0.15, 0.2) is 167 Å². The molecule has 280 valence electrons. The van der Waals surface area contributed by atoms with Crippen molar-refractivity contribution in [1.82, 2.24) is 15.2 Å². The first-order valence-electron chi connectivity index (χ1n) is 20.3. The summed E-state index contributed by atoms with van der Waals surface area (Å²) < 4.78 is 9.08. The molecule has 5 aromatic carbocycles. The van der Waals surface area contributed by atoms with E-state index in [1.54, 1.807) is 0 Å². The number of nitrogens with one attached hydrogen (secondary N) is 2.